The molecule has 1 fully saturated rings. The van der Waals surface area contributed by atoms with Crippen LogP contribution in [-0.4, -0.2) is 39.6 Å². The molecule has 35 heavy (non-hydrogen) atoms. The fourth-order valence-electron chi connectivity index (χ4n) is 4.39. The van der Waals surface area contributed by atoms with E-state index >= 15 is 0 Å². The number of rotatable bonds is 5. The lowest BCUT2D eigenvalue weighted by Gasteiger charge is -2.31. The molecule has 3 N–H and O–H groups in total. The first-order valence-corrected chi connectivity index (χ1v) is 13.0. The monoisotopic (exact) mass is 492 g/mol. The Hall–Kier alpha value is -3.22. The van der Waals surface area contributed by atoms with Crippen LogP contribution in [0.4, 0.5) is 22.0 Å². The molecule has 1 aromatic carbocycles. The van der Waals surface area contributed by atoms with Gasteiger partial charge in [0.15, 0.2) is 0 Å². The minimum absolute atomic E-state index is 0.202. The van der Waals surface area contributed by atoms with Crippen molar-refractivity contribution in [2.24, 2.45) is 5.73 Å². The number of aromatic nitrogens is 2. The van der Waals surface area contributed by atoms with Crippen LogP contribution in [0.25, 0.3) is 5.52 Å². The van der Waals surface area contributed by atoms with E-state index < -0.39 is 11.7 Å². The maximum absolute atomic E-state index is 13.6. The lowest BCUT2D eigenvalue weighted by Crippen LogP contribution is -2.35. The second kappa shape index (κ2) is 10.2. The quantitative estimate of drug-likeness (QED) is 0.441. The molecular weight excluding hydrogens is 460 g/mol. The summed E-state index contributed by atoms with van der Waals surface area (Å²) in [5, 5.41) is 18.1. The molecule has 0 radical (unpaired) electrons. The Labute approximate surface area is 210 Å². The number of carbonyl (C=O) groups is 1. The Kier molecular flexibility index (Phi) is 7.24. The van der Waals surface area contributed by atoms with Crippen molar-refractivity contribution in [3.63, 3.8) is 0 Å². The smallest absolute Gasteiger partial charge is 0.420 e. The molecular formula is C26H32N6O2S. The summed E-state index contributed by atoms with van der Waals surface area (Å²) in [4.78, 5) is 16.1. The van der Waals surface area contributed by atoms with E-state index in [-0.39, 0.29) is 12.1 Å². The SMILES string of the molecule is CSc1ccccc1N(C(=O)OC(C)(C)C)c1cc(NC2CCC(N)CC2)c(C#N)c2ccnn12. The number of anilines is 3. The molecule has 0 aliphatic heterocycles. The van der Waals surface area contributed by atoms with Gasteiger partial charge in [-0.2, -0.15) is 10.4 Å². The number of nitrogens with one attached hydrogen (secondary N) is 1. The van der Waals surface area contributed by atoms with Crippen molar-refractivity contribution in [2.45, 2.75) is 69.0 Å². The Balaban J connectivity index is 1.89. The van der Waals surface area contributed by atoms with Crippen molar-refractivity contribution >= 4 is 40.6 Å². The zero-order chi connectivity index (χ0) is 25.2. The van der Waals surface area contributed by atoms with Gasteiger partial charge in [0.2, 0.25) is 0 Å². The summed E-state index contributed by atoms with van der Waals surface area (Å²) in [6.45, 7) is 5.52. The Morgan fingerprint density at radius 3 is 2.63 bits per heavy atom. The van der Waals surface area contributed by atoms with E-state index in [2.05, 4.69) is 16.5 Å². The van der Waals surface area contributed by atoms with Crippen LogP contribution in [0, 0.1) is 11.3 Å². The summed E-state index contributed by atoms with van der Waals surface area (Å²) < 4.78 is 7.46. The number of hydrogen-bond donors (Lipinski definition) is 2. The number of carbonyl (C=O) groups excluding carboxylic acids is 1. The first-order valence-electron chi connectivity index (χ1n) is 11.8. The van der Waals surface area contributed by atoms with Gasteiger partial charge in [-0.1, -0.05) is 12.1 Å². The van der Waals surface area contributed by atoms with Crippen LogP contribution >= 0.6 is 11.8 Å². The predicted molar refractivity (Wildman–Crippen MR) is 140 cm³/mol. The van der Waals surface area contributed by atoms with Gasteiger partial charge in [0, 0.05) is 23.0 Å². The van der Waals surface area contributed by atoms with Gasteiger partial charge in [-0.25, -0.2) is 14.2 Å². The maximum atomic E-state index is 13.6. The molecule has 3 aromatic rings. The third-order valence-corrected chi connectivity index (χ3v) is 6.82. The van der Waals surface area contributed by atoms with Gasteiger partial charge >= 0.3 is 6.09 Å². The number of amides is 1. The van der Waals surface area contributed by atoms with Crippen molar-refractivity contribution in [3.8, 4) is 6.07 Å². The maximum Gasteiger partial charge on any atom is 0.420 e. The van der Waals surface area contributed by atoms with Crippen molar-refractivity contribution in [2.75, 3.05) is 16.5 Å². The average molecular weight is 493 g/mol. The Morgan fingerprint density at radius 1 is 1.26 bits per heavy atom. The second-order valence-corrected chi connectivity index (χ2v) is 10.6. The van der Waals surface area contributed by atoms with Crippen LogP contribution in [0.5, 0.6) is 0 Å². The number of para-hydroxylation sites is 1. The molecule has 2 heterocycles. The van der Waals surface area contributed by atoms with E-state index in [1.165, 1.54) is 0 Å². The number of nitrogens with two attached hydrogens (primary N) is 1. The van der Waals surface area contributed by atoms with Crippen molar-refractivity contribution in [1.82, 2.24) is 9.61 Å². The average Bonchev–Trinajstić information content (AvgIpc) is 3.30. The molecule has 0 spiro atoms. The highest BCUT2D eigenvalue weighted by molar-refractivity contribution is 7.98. The Bertz CT molecular complexity index is 1250. The molecule has 8 nitrogen and oxygen atoms in total. The van der Waals surface area contributed by atoms with Crippen molar-refractivity contribution < 1.29 is 9.53 Å². The molecule has 0 bridgehead atoms. The molecule has 0 unspecified atom stereocenters. The summed E-state index contributed by atoms with van der Waals surface area (Å²) in [6, 6.07) is 14.1. The fraction of sp³-hybridized carbons (Fsp3) is 0.423. The summed E-state index contributed by atoms with van der Waals surface area (Å²) in [5.74, 6) is 0.495. The van der Waals surface area contributed by atoms with E-state index in [0.717, 1.165) is 30.6 Å². The normalized spacial score (nSPS) is 18.2. The molecule has 4 rings (SSSR count). The molecule has 0 atom stereocenters. The van der Waals surface area contributed by atoms with Crippen LogP contribution in [0.15, 0.2) is 47.5 Å². The Morgan fingerprint density at radius 2 is 1.97 bits per heavy atom. The third-order valence-electron chi connectivity index (χ3n) is 6.03. The van der Waals surface area contributed by atoms with E-state index in [0.29, 0.717) is 28.3 Å². The number of nitriles is 1. The molecule has 0 saturated heterocycles. The second-order valence-electron chi connectivity index (χ2n) is 9.77. The first-order chi connectivity index (χ1) is 16.7. The summed E-state index contributed by atoms with van der Waals surface area (Å²) >= 11 is 1.54. The molecule has 2 aromatic heterocycles. The number of pyridine rings is 1. The predicted octanol–water partition coefficient (Wildman–Crippen LogP) is 5.68. The van der Waals surface area contributed by atoms with Gasteiger partial charge in [-0.05, 0) is 70.9 Å². The number of hydrogen-bond acceptors (Lipinski definition) is 7. The highest BCUT2D eigenvalue weighted by Crippen LogP contribution is 2.38. The number of thioether (sulfide) groups is 1. The lowest BCUT2D eigenvalue weighted by atomic mass is 9.91. The molecule has 1 aliphatic rings. The van der Waals surface area contributed by atoms with E-state index in [1.54, 1.807) is 33.4 Å². The molecule has 1 amide bonds. The van der Waals surface area contributed by atoms with Gasteiger partial charge in [-0.3, -0.25) is 0 Å². The van der Waals surface area contributed by atoms with E-state index in [1.807, 2.05) is 57.4 Å². The first kappa shape index (κ1) is 24.9. The van der Waals surface area contributed by atoms with Crippen molar-refractivity contribution in [3.05, 3.63) is 48.2 Å². The van der Waals surface area contributed by atoms with Crippen LogP contribution < -0.4 is 16.0 Å². The molecule has 184 valence electrons. The van der Waals surface area contributed by atoms with Crippen molar-refractivity contribution in [1.29, 1.82) is 5.26 Å². The van der Waals surface area contributed by atoms with E-state index in [4.69, 9.17) is 10.5 Å². The molecule has 1 aliphatic carbocycles. The zero-order valence-corrected chi connectivity index (χ0v) is 21.4. The molecule has 1 saturated carbocycles. The largest absolute Gasteiger partial charge is 0.443 e. The van der Waals surface area contributed by atoms with Gasteiger partial charge in [0.05, 0.1) is 23.1 Å². The summed E-state index contributed by atoms with van der Waals surface area (Å²) in [5.41, 5.74) is 7.87. The number of benzene rings is 1. The third kappa shape index (κ3) is 5.39. The fourth-order valence-corrected chi connectivity index (χ4v) is 4.97. The number of nitrogens with zero attached hydrogens (tertiary/aromatic N) is 4. The minimum atomic E-state index is -0.693. The topological polar surface area (TPSA) is 109 Å². The molecule has 9 heteroatoms. The van der Waals surface area contributed by atoms with Crippen LogP contribution in [-0.2, 0) is 4.74 Å². The van der Waals surface area contributed by atoms with Gasteiger partial charge < -0.3 is 15.8 Å². The van der Waals surface area contributed by atoms with Crippen LogP contribution in [0.1, 0.15) is 52.0 Å². The summed E-state index contributed by atoms with van der Waals surface area (Å²) in [7, 11) is 0. The van der Waals surface area contributed by atoms with E-state index in [9.17, 15) is 10.1 Å². The number of fused-ring (bicyclic) bond motifs is 1. The van der Waals surface area contributed by atoms with Gasteiger partial charge in [0.25, 0.3) is 0 Å². The highest BCUT2D eigenvalue weighted by atomic mass is 32.2. The van der Waals surface area contributed by atoms with Crippen LogP contribution in [0.3, 0.4) is 0 Å². The van der Waals surface area contributed by atoms with Gasteiger partial charge in [0.1, 0.15) is 23.1 Å². The number of ether oxygens (including phenoxy) is 1. The zero-order valence-electron chi connectivity index (χ0n) is 20.6. The van der Waals surface area contributed by atoms with Crippen LogP contribution in [0.2, 0.25) is 0 Å². The minimum Gasteiger partial charge on any atom is -0.443 e. The highest BCUT2D eigenvalue weighted by Gasteiger charge is 2.30. The summed E-state index contributed by atoms with van der Waals surface area (Å²) in [6.07, 6.45) is 6.81. The van der Waals surface area contributed by atoms with Gasteiger partial charge in [-0.15, -0.1) is 11.8 Å². The lowest BCUT2D eigenvalue weighted by molar-refractivity contribution is 0.0597. The standard InChI is InChI=1S/C26H32N6O2S/c1-26(2,3)34-25(33)31(22-7-5-6-8-23(22)35-4)24-15-20(30-18-11-9-17(28)10-12-18)19(16-27)21-13-14-29-32(21)24/h5-8,13-15,17-18,30H,9-12,28H2,1-4H3.